The molecule has 2 aliphatic rings. The zero-order chi connectivity index (χ0) is 20.9. The third-order valence-corrected chi connectivity index (χ3v) is 5.71. The molecule has 1 aromatic heterocycles. The topological polar surface area (TPSA) is 110 Å². The van der Waals surface area contributed by atoms with Crippen molar-refractivity contribution in [1.82, 2.24) is 9.78 Å². The molecule has 0 unspecified atom stereocenters. The first-order valence-corrected chi connectivity index (χ1v) is 9.38. The maximum atomic E-state index is 12.8. The van der Waals surface area contributed by atoms with Gasteiger partial charge in [0.25, 0.3) is 5.69 Å². The molecule has 2 heterocycles. The molecule has 1 aliphatic heterocycles. The van der Waals surface area contributed by atoms with Gasteiger partial charge in [0.15, 0.2) is 0 Å². The van der Waals surface area contributed by atoms with Gasteiger partial charge in [-0.25, -0.2) is 4.90 Å². The van der Waals surface area contributed by atoms with Gasteiger partial charge < -0.3 is 5.32 Å². The number of imide groups is 1. The number of aryl methyl sites for hydroxylation is 2. The van der Waals surface area contributed by atoms with E-state index >= 15 is 0 Å². The number of nitrogens with one attached hydrogen (secondary N) is 1. The molecule has 9 nitrogen and oxygen atoms in total. The molecule has 9 heteroatoms. The summed E-state index contributed by atoms with van der Waals surface area (Å²) in [7, 11) is 1.80. The van der Waals surface area contributed by atoms with Crippen LogP contribution in [0.4, 0.5) is 22.7 Å². The number of nitro groups is 1. The van der Waals surface area contributed by atoms with Crippen molar-refractivity contribution in [3.05, 3.63) is 51.9 Å². The molecule has 0 radical (unpaired) electrons. The van der Waals surface area contributed by atoms with Gasteiger partial charge in [-0.05, 0) is 38.8 Å². The van der Waals surface area contributed by atoms with Crippen molar-refractivity contribution >= 4 is 34.6 Å². The maximum Gasteiger partial charge on any atom is 0.294 e. The largest absolute Gasteiger partial charge is 0.347 e. The number of aromatic nitrogens is 2. The van der Waals surface area contributed by atoms with E-state index in [0.717, 1.165) is 10.6 Å². The number of rotatable bonds is 4. The molecule has 150 valence electrons. The van der Waals surface area contributed by atoms with E-state index in [1.54, 1.807) is 17.8 Å². The zero-order valence-electron chi connectivity index (χ0n) is 16.4. The summed E-state index contributed by atoms with van der Waals surface area (Å²) in [4.78, 5) is 37.8. The van der Waals surface area contributed by atoms with Crippen molar-refractivity contribution in [3.8, 4) is 0 Å². The average molecular weight is 395 g/mol. The van der Waals surface area contributed by atoms with Crippen LogP contribution in [0.1, 0.15) is 24.2 Å². The first-order chi connectivity index (χ1) is 13.8. The number of carbonyl (C=O) groups excluding carboxylic acids is 2. The highest BCUT2D eigenvalue weighted by Gasteiger charge is 2.48. The van der Waals surface area contributed by atoms with Crippen molar-refractivity contribution in [2.75, 3.05) is 10.2 Å². The lowest BCUT2D eigenvalue weighted by atomic mass is 9.85. The van der Waals surface area contributed by atoms with Crippen LogP contribution in [0.25, 0.3) is 0 Å². The molecule has 1 aromatic carbocycles. The second kappa shape index (κ2) is 6.84. The predicted octanol–water partition coefficient (Wildman–Crippen LogP) is 3.14. The Kier molecular flexibility index (Phi) is 4.45. The summed E-state index contributed by atoms with van der Waals surface area (Å²) in [5, 5.41) is 19.1. The highest BCUT2D eigenvalue weighted by Crippen LogP contribution is 2.40. The Balaban J connectivity index is 1.71. The van der Waals surface area contributed by atoms with Crippen LogP contribution < -0.4 is 10.2 Å². The number of benzene rings is 1. The molecule has 0 spiro atoms. The molecule has 4 rings (SSSR count). The zero-order valence-corrected chi connectivity index (χ0v) is 16.4. The summed E-state index contributed by atoms with van der Waals surface area (Å²) in [6, 6.07) is 4.38. The van der Waals surface area contributed by atoms with Crippen LogP contribution in [-0.2, 0) is 16.6 Å². The quantitative estimate of drug-likeness (QED) is 0.368. The number of nitro benzene ring substituents is 1. The lowest BCUT2D eigenvalue weighted by molar-refractivity contribution is -0.383. The van der Waals surface area contributed by atoms with Crippen LogP contribution in [0.5, 0.6) is 0 Å². The molecular formula is C20H21N5O4. The second-order valence-corrected chi connectivity index (χ2v) is 7.42. The van der Waals surface area contributed by atoms with E-state index in [9.17, 15) is 19.7 Å². The summed E-state index contributed by atoms with van der Waals surface area (Å²) >= 11 is 0. The second-order valence-electron chi connectivity index (χ2n) is 7.42. The third kappa shape index (κ3) is 2.98. The predicted molar refractivity (Wildman–Crippen MR) is 107 cm³/mol. The van der Waals surface area contributed by atoms with Crippen molar-refractivity contribution in [1.29, 1.82) is 0 Å². The fourth-order valence-corrected chi connectivity index (χ4v) is 4.06. The average Bonchev–Trinajstić information content (AvgIpc) is 3.09. The summed E-state index contributed by atoms with van der Waals surface area (Å²) in [6.07, 6.45) is 4.85. The van der Waals surface area contributed by atoms with Gasteiger partial charge in [-0.1, -0.05) is 12.2 Å². The molecular weight excluding hydrogens is 374 g/mol. The normalized spacial score (nSPS) is 20.9. The van der Waals surface area contributed by atoms with Gasteiger partial charge >= 0.3 is 0 Å². The van der Waals surface area contributed by atoms with Gasteiger partial charge in [0.05, 0.1) is 39.5 Å². The highest BCUT2D eigenvalue weighted by molar-refractivity contribution is 6.22. The van der Waals surface area contributed by atoms with Gasteiger partial charge in [-0.15, -0.1) is 0 Å². The molecule has 1 N–H and O–H groups in total. The van der Waals surface area contributed by atoms with Crippen molar-refractivity contribution in [3.63, 3.8) is 0 Å². The smallest absolute Gasteiger partial charge is 0.294 e. The molecule has 1 aliphatic carbocycles. The number of hydrogen-bond donors (Lipinski definition) is 1. The van der Waals surface area contributed by atoms with Crippen LogP contribution in [-0.4, -0.2) is 26.5 Å². The number of hydrogen-bond acceptors (Lipinski definition) is 6. The number of carbonyl (C=O) groups is 2. The number of allylic oxidation sites excluding steroid dienone is 2. The first-order valence-electron chi connectivity index (χ1n) is 9.38. The number of fused-ring (bicyclic) bond motifs is 1. The number of anilines is 3. The Labute approximate surface area is 167 Å². The minimum absolute atomic E-state index is 0.209. The standard InChI is InChI=1S/C20H21N5O4/c1-11-18(12(2)23(3)22-11)21-16-9-8-13(10-17(16)25(28)29)24-19(26)14-6-4-5-7-15(14)20(24)27/h4-5,8-10,14-15,21H,6-7H2,1-3H3/t14-,15-/m0/s1. The van der Waals surface area contributed by atoms with Crippen molar-refractivity contribution in [2.45, 2.75) is 26.7 Å². The molecule has 1 saturated heterocycles. The number of nitrogens with zero attached hydrogens (tertiary/aromatic N) is 4. The van der Waals surface area contributed by atoms with E-state index in [1.165, 1.54) is 12.1 Å². The molecule has 1 fully saturated rings. The Hall–Kier alpha value is -3.49. The van der Waals surface area contributed by atoms with Gasteiger partial charge in [0.2, 0.25) is 11.8 Å². The molecule has 0 saturated carbocycles. The fraction of sp³-hybridized carbons (Fsp3) is 0.350. The molecule has 29 heavy (non-hydrogen) atoms. The Bertz CT molecular complexity index is 1050. The maximum absolute atomic E-state index is 12.8. The Morgan fingerprint density at radius 1 is 1.14 bits per heavy atom. The summed E-state index contributed by atoms with van der Waals surface area (Å²) in [5.41, 5.74) is 2.53. The van der Waals surface area contributed by atoms with E-state index in [-0.39, 0.29) is 40.7 Å². The SMILES string of the molecule is Cc1nn(C)c(C)c1Nc1ccc(N2C(=O)[C@H]3CC=CC[C@@H]3C2=O)cc1[N+](=O)[O-]. The number of amides is 2. The Morgan fingerprint density at radius 2 is 1.76 bits per heavy atom. The summed E-state index contributed by atoms with van der Waals surface area (Å²) in [6.45, 7) is 3.67. The van der Waals surface area contributed by atoms with Crippen LogP contribution in [0.15, 0.2) is 30.4 Å². The van der Waals surface area contributed by atoms with E-state index in [4.69, 9.17) is 0 Å². The van der Waals surface area contributed by atoms with Gasteiger partial charge in [0, 0.05) is 13.1 Å². The molecule has 0 bridgehead atoms. The fourth-order valence-electron chi connectivity index (χ4n) is 4.06. The van der Waals surface area contributed by atoms with Crippen LogP contribution in [0.3, 0.4) is 0 Å². The minimum Gasteiger partial charge on any atom is -0.347 e. The third-order valence-electron chi connectivity index (χ3n) is 5.71. The monoisotopic (exact) mass is 395 g/mol. The van der Waals surface area contributed by atoms with E-state index in [0.29, 0.717) is 24.2 Å². The van der Waals surface area contributed by atoms with Gasteiger partial charge in [0.1, 0.15) is 5.69 Å². The van der Waals surface area contributed by atoms with E-state index in [2.05, 4.69) is 10.4 Å². The highest BCUT2D eigenvalue weighted by atomic mass is 16.6. The summed E-state index contributed by atoms with van der Waals surface area (Å²) in [5.74, 6) is -1.35. The van der Waals surface area contributed by atoms with Crippen molar-refractivity contribution < 1.29 is 14.5 Å². The lowest BCUT2D eigenvalue weighted by Crippen LogP contribution is -2.30. The van der Waals surface area contributed by atoms with Crippen LogP contribution >= 0.6 is 0 Å². The molecule has 2 amide bonds. The Morgan fingerprint density at radius 3 is 2.28 bits per heavy atom. The minimum atomic E-state index is -0.521. The lowest BCUT2D eigenvalue weighted by Gasteiger charge is -2.16. The van der Waals surface area contributed by atoms with Gasteiger partial charge in [-0.2, -0.15) is 5.10 Å². The van der Waals surface area contributed by atoms with Crippen LogP contribution in [0.2, 0.25) is 0 Å². The van der Waals surface area contributed by atoms with E-state index in [1.807, 2.05) is 26.0 Å². The van der Waals surface area contributed by atoms with Crippen LogP contribution in [0, 0.1) is 35.8 Å². The van der Waals surface area contributed by atoms with Crippen molar-refractivity contribution in [2.24, 2.45) is 18.9 Å². The van der Waals surface area contributed by atoms with E-state index < -0.39 is 4.92 Å². The molecule has 2 atom stereocenters. The van der Waals surface area contributed by atoms with Gasteiger partial charge in [-0.3, -0.25) is 24.4 Å². The first kappa shape index (κ1) is 18.9. The summed E-state index contributed by atoms with van der Waals surface area (Å²) < 4.78 is 1.69. The molecule has 2 aromatic rings.